The number of hydrogen-bond donors (Lipinski definition) is 3. The maximum absolute atomic E-state index is 11.0. The fourth-order valence-corrected chi connectivity index (χ4v) is 3.74. The second kappa shape index (κ2) is 7.31. The number of aromatic amines is 1. The summed E-state index contributed by atoms with van der Waals surface area (Å²) in [5.41, 5.74) is 10.7. The molecule has 6 heteroatoms. The third-order valence-electron chi connectivity index (χ3n) is 5.14. The zero-order valence-corrected chi connectivity index (χ0v) is 15.1. The number of carbonyl (C=O) groups is 1. The largest absolute Gasteiger partial charge is 0.488 e. The fraction of sp³-hybridized carbons (Fsp3) is 0.333. The molecule has 1 fully saturated rings. The predicted molar refractivity (Wildman–Crippen MR) is 105 cm³/mol. The minimum Gasteiger partial charge on any atom is -0.488 e. The third kappa shape index (κ3) is 3.74. The van der Waals surface area contributed by atoms with E-state index in [1.165, 1.54) is 12.8 Å². The number of H-pyrrole nitrogens is 1. The number of aliphatic carboxylic acids is 1. The van der Waals surface area contributed by atoms with Crippen molar-refractivity contribution in [3.05, 3.63) is 42.1 Å². The molecule has 0 spiro atoms. The highest BCUT2D eigenvalue weighted by molar-refractivity contribution is 5.87. The molecule has 6 nitrogen and oxygen atoms in total. The standard InChI is InChI=1S/C21H23N3O3/c22-18-10-13(5-8-20(25)26)9-17(21(18)27-16-3-1-2-4-16)14-6-7-19-15(11-14)12-23-24-19/h6-7,9-12,16H,1-5,8,22H2,(H,23,24)(H,25,26). The summed E-state index contributed by atoms with van der Waals surface area (Å²) >= 11 is 0. The SMILES string of the molecule is Nc1cc(CCC(=O)O)cc(-c2ccc3[nH]ncc3c2)c1OC1CCCC1. The molecule has 0 amide bonds. The van der Waals surface area contributed by atoms with E-state index in [9.17, 15) is 4.79 Å². The number of nitrogen functional groups attached to an aromatic ring is 1. The van der Waals surface area contributed by atoms with Gasteiger partial charge in [-0.1, -0.05) is 6.07 Å². The van der Waals surface area contributed by atoms with Gasteiger partial charge in [0.15, 0.2) is 0 Å². The van der Waals surface area contributed by atoms with Crippen molar-refractivity contribution in [1.29, 1.82) is 0 Å². The number of carboxylic acids is 1. The quantitative estimate of drug-likeness (QED) is 0.570. The van der Waals surface area contributed by atoms with Crippen LogP contribution in [0.4, 0.5) is 5.69 Å². The molecule has 4 rings (SSSR count). The van der Waals surface area contributed by atoms with Crippen LogP contribution in [-0.2, 0) is 11.2 Å². The van der Waals surface area contributed by atoms with Crippen molar-refractivity contribution < 1.29 is 14.6 Å². The molecule has 0 unspecified atom stereocenters. The number of nitrogens with one attached hydrogen (secondary N) is 1. The summed E-state index contributed by atoms with van der Waals surface area (Å²) in [5, 5.41) is 17.0. The molecule has 3 aromatic rings. The average molecular weight is 365 g/mol. The van der Waals surface area contributed by atoms with E-state index >= 15 is 0 Å². The average Bonchev–Trinajstić information content (AvgIpc) is 3.32. The smallest absolute Gasteiger partial charge is 0.303 e. The summed E-state index contributed by atoms with van der Waals surface area (Å²) in [7, 11) is 0. The molecule has 1 aliphatic carbocycles. The predicted octanol–water partition coefficient (Wildman–Crippen LogP) is 4.15. The first-order valence-corrected chi connectivity index (χ1v) is 9.34. The van der Waals surface area contributed by atoms with Crippen molar-refractivity contribution in [3.8, 4) is 16.9 Å². The minimum atomic E-state index is -0.818. The summed E-state index contributed by atoms with van der Waals surface area (Å²) in [6, 6.07) is 9.89. The van der Waals surface area contributed by atoms with Gasteiger partial charge in [-0.05, 0) is 67.5 Å². The van der Waals surface area contributed by atoms with Gasteiger partial charge >= 0.3 is 5.97 Å². The van der Waals surface area contributed by atoms with Crippen molar-refractivity contribution in [2.45, 2.75) is 44.6 Å². The number of benzene rings is 2. The van der Waals surface area contributed by atoms with E-state index in [1.807, 2.05) is 24.3 Å². The Bertz CT molecular complexity index is 974. The van der Waals surface area contributed by atoms with Gasteiger partial charge in [0.25, 0.3) is 0 Å². The van der Waals surface area contributed by atoms with Crippen molar-refractivity contribution in [1.82, 2.24) is 10.2 Å². The summed E-state index contributed by atoms with van der Waals surface area (Å²) in [6.45, 7) is 0. The number of nitrogens with two attached hydrogens (primary N) is 1. The highest BCUT2D eigenvalue weighted by atomic mass is 16.5. The maximum Gasteiger partial charge on any atom is 0.303 e. The fourth-order valence-electron chi connectivity index (χ4n) is 3.74. The molecule has 0 radical (unpaired) electrons. The van der Waals surface area contributed by atoms with Crippen LogP contribution < -0.4 is 10.5 Å². The van der Waals surface area contributed by atoms with Gasteiger partial charge in [0.05, 0.1) is 23.5 Å². The van der Waals surface area contributed by atoms with Crippen molar-refractivity contribution >= 4 is 22.6 Å². The molecule has 0 aliphatic heterocycles. The number of rotatable bonds is 6. The van der Waals surface area contributed by atoms with Crippen LogP contribution in [0.1, 0.15) is 37.7 Å². The van der Waals surface area contributed by atoms with E-state index in [-0.39, 0.29) is 12.5 Å². The molecule has 1 heterocycles. The first kappa shape index (κ1) is 17.4. The Labute approximate surface area is 157 Å². The zero-order chi connectivity index (χ0) is 18.8. The van der Waals surface area contributed by atoms with E-state index in [0.717, 1.165) is 40.4 Å². The van der Waals surface area contributed by atoms with Gasteiger partial charge in [-0.15, -0.1) is 0 Å². The van der Waals surface area contributed by atoms with E-state index in [0.29, 0.717) is 17.9 Å². The third-order valence-corrected chi connectivity index (χ3v) is 5.14. The summed E-state index contributed by atoms with van der Waals surface area (Å²) < 4.78 is 6.30. The molecule has 1 aromatic heterocycles. The number of aromatic nitrogens is 2. The van der Waals surface area contributed by atoms with Crippen molar-refractivity contribution in [2.75, 3.05) is 5.73 Å². The van der Waals surface area contributed by atoms with Crippen LogP contribution >= 0.6 is 0 Å². The number of aryl methyl sites for hydroxylation is 1. The van der Waals surface area contributed by atoms with Crippen molar-refractivity contribution in [2.24, 2.45) is 0 Å². The topological polar surface area (TPSA) is 101 Å². The molecule has 2 aromatic carbocycles. The first-order valence-electron chi connectivity index (χ1n) is 9.34. The summed E-state index contributed by atoms with van der Waals surface area (Å²) in [5.74, 6) is -0.120. The number of hydrogen-bond acceptors (Lipinski definition) is 4. The molecule has 140 valence electrons. The first-order chi connectivity index (χ1) is 13.1. The van der Waals surface area contributed by atoms with Crippen LogP contribution in [-0.4, -0.2) is 27.4 Å². The van der Waals surface area contributed by atoms with Gasteiger partial charge < -0.3 is 15.6 Å². The Morgan fingerprint density at radius 2 is 2.07 bits per heavy atom. The Morgan fingerprint density at radius 1 is 1.26 bits per heavy atom. The van der Waals surface area contributed by atoms with Gasteiger partial charge in [0.2, 0.25) is 0 Å². The van der Waals surface area contributed by atoms with Crippen LogP contribution in [0.25, 0.3) is 22.0 Å². The Balaban J connectivity index is 1.77. The second-order valence-electron chi connectivity index (χ2n) is 7.15. The van der Waals surface area contributed by atoms with Gasteiger partial charge in [-0.2, -0.15) is 5.10 Å². The molecule has 27 heavy (non-hydrogen) atoms. The summed E-state index contributed by atoms with van der Waals surface area (Å²) in [4.78, 5) is 11.0. The molecule has 1 aliphatic rings. The van der Waals surface area contributed by atoms with Crippen LogP contribution in [0.3, 0.4) is 0 Å². The van der Waals surface area contributed by atoms with Crippen molar-refractivity contribution in [3.63, 3.8) is 0 Å². The lowest BCUT2D eigenvalue weighted by atomic mass is 9.97. The van der Waals surface area contributed by atoms with Crippen LogP contribution in [0.15, 0.2) is 36.5 Å². The molecule has 1 saturated carbocycles. The van der Waals surface area contributed by atoms with Gasteiger partial charge in [-0.25, -0.2) is 0 Å². The number of anilines is 1. The normalized spacial score (nSPS) is 14.7. The Hall–Kier alpha value is -3.02. The Morgan fingerprint density at radius 3 is 2.85 bits per heavy atom. The Kier molecular flexibility index (Phi) is 4.71. The molecule has 4 N–H and O–H groups in total. The molecule has 0 bridgehead atoms. The minimum absolute atomic E-state index is 0.0719. The van der Waals surface area contributed by atoms with E-state index in [4.69, 9.17) is 15.6 Å². The molecule has 0 atom stereocenters. The lowest BCUT2D eigenvalue weighted by Gasteiger charge is -2.20. The van der Waals surface area contributed by atoms with E-state index in [1.54, 1.807) is 6.20 Å². The lowest BCUT2D eigenvalue weighted by Crippen LogP contribution is -2.13. The monoisotopic (exact) mass is 365 g/mol. The number of nitrogens with zero attached hydrogens (tertiary/aromatic N) is 1. The maximum atomic E-state index is 11.0. The zero-order valence-electron chi connectivity index (χ0n) is 15.1. The second-order valence-corrected chi connectivity index (χ2v) is 7.15. The highest BCUT2D eigenvalue weighted by Crippen LogP contribution is 2.40. The highest BCUT2D eigenvalue weighted by Gasteiger charge is 2.21. The van der Waals surface area contributed by atoms with E-state index < -0.39 is 5.97 Å². The molecule has 0 saturated heterocycles. The van der Waals surface area contributed by atoms with Gasteiger partial charge in [-0.3, -0.25) is 9.89 Å². The molecular weight excluding hydrogens is 342 g/mol. The van der Waals surface area contributed by atoms with Crippen LogP contribution in [0.5, 0.6) is 5.75 Å². The number of ether oxygens (including phenoxy) is 1. The molecular formula is C21H23N3O3. The lowest BCUT2D eigenvalue weighted by molar-refractivity contribution is -0.136. The van der Waals surface area contributed by atoms with Crippen LogP contribution in [0, 0.1) is 0 Å². The number of fused-ring (bicyclic) bond motifs is 1. The summed E-state index contributed by atoms with van der Waals surface area (Å²) in [6.07, 6.45) is 6.92. The van der Waals surface area contributed by atoms with Gasteiger partial charge in [0, 0.05) is 17.4 Å². The number of carboxylic acid groups (broad SMARTS) is 1. The van der Waals surface area contributed by atoms with E-state index in [2.05, 4.69) is 16.3 Å². The van der Waals surface area contributed by atoms with Crippen LogP contribution in [0.2, 0.25) is 0 Å². The van der Waals surface area contributed by atoms with Gasteiger partial charge in [0.1, 0.15) is 5.75 Å².